The standard InChI is InChI=1S/C15H13FN4O2S/c1-8(9-5-10(16)7-17-6-9)18-15-19-11-3-4-23-13(11)12(20-15)14(21)22-2/h3-8H,1-2H3,(H,18,19,20)/t8-/m0/s1. The fraction of sp³-hybridized carbons (Fsp3) is 0.200. The SMILES string of the molecule is COC(=O)c1nc(N[C@@H](C)c2cncc(F)c2)nc2ccsc12. The van der Waals surface area contributed by atoms with E-state index in [4.69, 9.17) is 4.74 Å². The Kier molecular flexibility index (Phi) is 4.16. The summed E-state index contributed by atoms with van der Waals surface area (Å²) < 4.78 is 18.7. The lowest BCUT2D eigenvalue weighted by Gasteiger charge is -2.14. The third kappa shape index (κ3) is 3.11. The zero-order valence-corrected chi connectivity index (χ0v) is 13.2. The van der Waals surface area contributed by atoms with Crippen LogP contribution in [0.2, 0.25) is 0 Å². The van der Waals surface area contributed by atoms with Crippen molar-refractivity contribution in [2.45, 2.75) is 13.0 Å². The molecule has 118 valence electrons. The molecule has 1 atom stereocenters. The van der Waals surface area contributed by atoms with E-state index in [0.717, 1.165) is 6.20 Å². The fourth-order valence-electron chi connectivity index (χ4n) is 2.11. The van der Waals surface area contributed by atoms with Crippen molar-refractivity contribution in [3.05, 3.63) is 47.0 Å². The molecule has 0 unspecified atom stereocenters. The predicted octanol–water partition coefficient (Wildman–Crippen LogP) is 3.19. The number of thiophene rings is 1. The van der Waals surface area contributed by atoms with Crippen LogP contribution in [0.25, 0.3) is 10.2 Å². The van der Waals surface area contributed by atoms with Gasteiger partial charge in [0, 0.05) is 6.20 Å². The van der Waals surface area contributed by atoms with Crippen molar-refractivity contribution >= 4 is 33.5 Å². The average molecular weight is 332 g/mol. The van der Waals surface area contributed by atoms with Crippen molar-refractivity contribution in [2.75, 3.05) is 12.4 Å². The Bertz CT molecular complexity index is 868. The van der Waals surface area contributed by atoms with Crippen molar-refractivity contribution in [2.24, 2.45) is 0 Å². The van der Waals surface area contributed by atoms with Gasteiger partial charge in [-0.15, -0.1) is 11.3 Å². The van der Waals surface area contributed by atoms with Gasteiger partial charge in [0.2, 0.25) is 5.95 Å². The molecule has 0 bridgehead atoms. The third-order valence-corrected chi connectivity index (χ3v) is 4.16. The maximum absolute atomic E-state index is 13.3. The van der Waals surface area contributed by atoms with E-state index >= 15 is 0 Å². The first kappa shape index (κ1) is 15.3. The van der Waals surface area contributed by atoms with Crippen LogP contribution >= 0.6 is 11.3 Å². The van der Waals surface area contributed by atoms with Crippen LogP contribution in [-0.2, 0) is 4.74 Å². The van der Waals surface area contributed by atoms with Gasteiger partial charge in [0.1, 0.15) is 5.82 Å². The topological polar surface area (TPSA) is 77.0 Å². The number of fused-ring (bicyclic) bond motifs is 1. The number of halogens is 1. The van der Waals surface area contributed by atoms with Crippen LogP contribution in [0.1, 0.15) is 29.0 Å². The smallest absolute Gasteiger partial charge is 0.358 e. The number of carbonyl (C=O) groups excluding carboxylic acids is 1. The van der Waals surface area contributed by atoms with Gasteiger partial charge in [0.15, 0.2) is 5.69 Å². The van der Waals surface area contributed by atoms with E-state index in [2.05, 4.69) is 20.3 Å². The Hall–Kier alpha value is -2.61. The Labute approximate surface area is 135 Å². The summed E-state index contributed by atoms with van der Waals surface area (Å²) in [4.78, 5) is 24.3. The molecule has 8 heteroatoms. The number of hydrogen-bond acceptors (Lipinski definition) is 7. The molecule has 23 heavy (non-hydrogen) atoms. The maximum Gasteiger partial charge on any atom is 0.358 e. The van der Waals surface area contributed by atoms with Gasteiger partial charge in [-0.3, -0.25) is 4.98 Å². The van der Waals surface area contributed by atoms with Crippen LogP contribution in [-0.4, -0.2) is 28.0 Å². The number of hydrogen-bond donors (Lipinski definition) is 1. The number of aromatic nitrogens is 3. The largest absolute Gasteiger partial charge is 0.464 e. The molecule has 6 nitrogen and oxygen atoms in total. The van der Waals surface area contributed by atoms with E-state index in [-0.39, 0.29) is 17.7 Å². The first-order valence-corrected chi connectivity index (χ1v) is 7.67. The van der Waals surface area contributed by atoms with Crippen LogP contribution in [0.15, 0.2) is 29.9 Å². The first-order chi connectivity index (χ1) is 11.1. The van der Waals surface area contributed by atoms with E-state index in [1.54, 1.807) is 12.3 Å². The second kappa shape index (κ2) is 6.25. The number of carbonyl (C=O) groups is 1. The molecular formula is C15H13FN4O2S. The van der Waals surface area contributed by atoms with Gasteiger partial charge in [0.05, 0.1) is 29.6 Å². The summed E-state index contributed by atoms with van der Waals surface area (Å²) in [5.74, 6) is -0.670. The molecule has 0 amide bonds. The third-order valence-electron chi connectivity index (χ3n) is 3.25. The van der Waals surface area contributed by atoms with Crippen LogP contribution in [0.3, 0.4) is 0 Å². The summed E-state index contributed by atoms with van der Waals surface area (Å²) in [7, 11) is 1.30. The Morgan fingerprint density at radius 1 is 1.39 bits per heavy atom. The molecule has 0 spiro atoms. The number of esters is 1. The summed E-state index contributed by atoms with van der Waals surface area (Å²) in [5.41, 5.74) is 1.51. The lowest BCUT2D eigenvalue weighted by molar-refractivity contribution is 0.0597. The predicted molar refractivity (Wildman–Crippen MR) is 85.0 cm³/mol. The van der Waals surface area contributed by atoms with Gasteiger partial charge < -0.3 is 10.1 Å². The van der Waals surface area contributed by atoms with Gasteiger partial charge in [-0.25, -0.2) is 19.2 Å². The molecule has 3 heterocycles. The maximum atomic E-state index is 13.3. The summed E-state index contributed by atoms with van der Waals surface area (Å²) >= 11 is 1.37. The monoisotopic (exact) mass is 332 g/mol. The highest BCUT2D eigenvalue weighted by atomic mass is 32.1. The van der Waals surface area contributed by atoms with Crippen molar-refractivity contribution in [1.29, 1.82) is 0 Å². The minimum absolute atomic E-state index is 0.208. The van der Waals surface area contributed by atoms with Gasteiger partial charge in [0.25, 0.3) is 0 Å². The fourth-order valence-corrected chi connectivity index (χ4v) is 2.91. The summed E-state index contributed by atoms with van der Waals surface area (Å²) in [5, 5.41) is 4.88. The Morgan fingerprint density at radius 3 is 2.96 bits per heavy atom. The molecule has 0 aliphatic heterocycles. The van der Waals surface area contributed by atoms with Crippen molar-refractivity contribution in [3.63, 3.8) is 0 Å². The van der Waals surface area contributed by atoms with Gasteiger partial charge in [-0.2, -0.15) is 0 Å². The molecular weight excluding hydrogens is 319 g/mol. The van der Waals surface area contributed by atoms with Gasteiger partial charge in [-0.05, 0) is 30.0 Å². The lowest BCUT2D eigenvalue weighted by Crippen LogP contribution is -2.13. The number of anilines is 1. The molecule has 0 fully saturated rings. The van der Waals surface area contributed by atoms with E-state index in [1.165, 1.54) is 24.5 Å². The normalized spacial score (nSPS) is 12.1. The molecule has 3 rings (SSSR count). The minimum Gasteiger partial charge on any atom is -0.464 e. The highest BCUT2D eigenvalue weighted by molar-refractivity contribution is 7.17. The van der Waals surface area contributed by atoms with Crippen molar-refractivity contribution < 1.29 is 13.9 Å². The van der Waals surface area contributed by atoms with Crippen LogP contribution in [0.5, 0.6) is 0 Å². The zero-order chi connectivity index (χ0) is 16.4. The molecule has 3 aromatic heterocycles. The molecule has 0 saturated heterocycles. The number of pyridine rings is 1. The summed E-state index contributed by atoms with van der Waals surface area (Å²) in [6.45, 7) is 1.83. The average Bonchev–Trinajstić information content (AvgIpc) is 3.01. The molecule has 0 saturated carbocycles. The zero-order valence-electron chi connectivity index (χ0n) is 12.4. The van der Waals surface area contributed by atoms with Gasteiger partial charge in [-0.1, -0.05) is 0 Å². The second-order valence-corrected chi connectivity index (χ2v) is 5.74. The van der Waals surface area contributed by atoms with E-state index in [1.807, 2.05) is 12.3 Å². The highest BCUT2D eigenvalue weighted by Gasteiger charge is 2.18. The molecule has 0 aliphatic rings. The Morgan fingerprint density at radius 2 is 2.22 bits per heavy atom. The number of nitrogens with zero attached hydrogens (tertiary/aromatic N) is 3. The van der Waals surface area contributed by atoms with Crippen LogP contribution in [0.4, 0.5) is 10.3 Å². The Balaban J connectivity index is 1.95. The number of rotatable bonds is 4. The van der Waals surface area contributed by atoms with Crippen molar-refractivity contribution in [1.82, 2.24) is 15.0 Å². The van der Waals surface area contributed by atoms with Crippen molar-refractivity contribution in [3.8, 4) is 0 Å². The molecule has 0 aromatic carbocycles. The molecule has 1 N–H and O–H groups in total. The van der Waals surface area contributed by atoms with E-state index < -0.39 is 11.8 Å². The number of nitrogens with one attached hydrogen (secondary N) is 1. The van der Waals surface area contributed by atoms with Crippen LogP contribution < -0.4 is 5.32 Å². The molecule has 0 aliphatic carbocycles. The second-order valence-electron chi connectivity index (χ2n) is 4.82. The number of ether oxygens (including phenoxy) is 1. The van der Waals surface area contributed by atoms with Crippen LogP contribution in [0, 0.1) is 5.82 Å². The molecule has 0 radical (unpaired) electrons. The quantitative estimate of drug-likeness (QED) is 0.740. The van der Waals surface area contributed by atoms with Gasteiger partial charge >= 0.3 is 5.97 Å². The first-order valence-electron chi connectivity index (χ1n) is 6.79. The van der Waals surface area contributed by atoms with E-state index in [9.17, 15) is 9.18 Å². The minimum atomic E-state index is -0.525. The summed E-state index contributed by atoms with van der Waals surface area (Å²) in [6.07, 6.45) is 2.70. The van der Waals surface area contributed by atoms with E-state index in [0.29, 0.717) is 15.8 Å². The summed E-state index contributed by atoms with van der Waals surface area (Å²) in [6, 6.07) is 2.91. The number of methoxy groups -OCH3 is 1. The highest BCUT2D eigenvalue weighted by Crippen LogP contribution is 2.25. The lowest BCUT2D eigenvalue weighted by atomic mass is 10.1. The molecule has 3 aromatic rings.